The van der Waals surface area contributed by atoms with Crippen molar-refractivity contribution in [3.05, 3.63) is 82.7 Å². The Bertz CT molecular complexity index is 1070. The average molecular weight is 359 g/mol. The normalized spacial score (nSPS) is 10.7. The molecule has 0 unspecified atom stereocenters. The van der Waals surface area contributed by atoms with Gasteiger partial charge in [0.2, 0.25) is 0 Å². The lowest BCUT2D eigenvalue weighted by molar-refractivity contribution is 0.499. The number of nitriles is 1. The molecule has 0 spiro atoms. The van der Waals surface area contributed by atoms with Crippen LogP contribution in [0.25, 0.3) is 22.3 Å². The number of hydrogen-bond acceptors (Lipinski definition) is 1. The van der Waals surface area contributed by atoms with Crippen LogP contribution in [0.4, 0.5) is 22.0 Å². The Morgan fingerprint density at radius 1 is 0.731 bits per heavy atom. The maximum absolute atomic E-state index is 14.6. The first-order chi connectivity index (χ1) is 12.3. The molecule has 0 atom stereocenters. The summed E-state index contributed by atoms with van der Waals surface area (Å²) in [6, 6.07) is 8.57. The van der Waals surface area contributed by atoms with Crippen molar-refractivity contribution < 1.29 is 22.0 Å². The van der Waals surface area contributed by atoms with Crippen LogP contribution in [0.3, 0.4) is 0 Å². The van der Waals surface area contributed by atoms with Gasteiger partial charge in [0, 0.05) is 11.1 Å². The summed E-state index contributed by atoms with van der Waals surface area (Å²) in [6.45, 7) is 1.63. The Balaban J connectivity index is 2.30. The van der Waals surface area contributed by atoms with Crippen molar-refractivity contribution in [2.75, 3.05) is 0 Å². The molecule has 0 N–H and O–H groups in total. The topological polar surface area (TPSA) is 23.8 Å². The number of halogens is 5. The molecular formula is C20H10F5N. The van der Waals surface area contributed by atoms with Crippen molar-refractivity contribution in [3.63, 3.8) is 0 Å². The second-order valence-electron chi connectivity index (χ2n) is 5.67. The lowest BCUT2D eigenvalue weighted by atomic mass is 9.92. The molecule has 3 aromatic carbocycles. The van der Waals surface area contributed by atoms with Crippen LogP contribution in [0.15, 0.2) is 42.5 Å². The zero-order valence-electron chi connectivity index (χ0n) is 13.4. The van der Waals surface area contributed by atoms with Gasteiger partial charge in [-0.1, -0.05) is 6.07 Å². The van der Waals surface area contributed by atoms with E-state index in [1.54, 1.807) is 13.0 Å². The molecule has 0 radical (unpaired) electrons. The Labute approximate surface area is 145 Å². The minimum Gasteiger partial charge on any atom is -0.207 e. The monoisotopic (exact) mass is 359 g/mol. The van der Waals surface area contributed by atoms with E-state index >= 15 is 0 Å². The average Bonchev–Trinajstić information content (AvgIpc) is 2.61. The van der Waals surface area contributed by atoms with Gasteiger partial charge in [-0.25, -0.2) is 22.0 Å². The molecule has 0 aliphatic heterocycles. The lowest BCUT2D eigenvalue weighted by Gasteiger charge is -2.13. The second-order valence-corrected chi connectivity index (χ2v) is 5.67. The molecule has 0 fully saturated rings. The fourth-order valence-corrected chi connectivity index (χ4v) is 2.74. The maximum atomic E-state index is 14.6. The van der Waals surface area contributed by atoms with E-state index in [4.69, 9.17) is 0 Å². The van der Waals surface area contributed by atoms with Gasteiger partial charge in [-0.3, -0.25) is 0 Å². The highest BCUT2D eigenvalue weighted by Gasteiger charge is 2.21. The minimum atomic E-state index is -1.52. The summed E-state index contributed by atoms with van der Waals surface area (Å²) in [5, 5.41) is 9.33. The van der Waals surface area contributed by atoms with Gasteiger partial charge in [-0.2, -0.15) is 5.26 Å². The van der Waals surface area contributed by atoms with Crippen molar-refractivity contribution in [1.29, 1.82) is 5.26 Å². The standard InChI is InChI=1S/C20H10F5N/c1-10-2-3-12(21)7-13(10)15-6-11(9-26)14(8-18(15)24)19-16(22)4-5-17(23)20(19)25/h2-8H,1H3. The van der Waals surface area contributed by atoms with E-state index in [2.05, 4.69) is 0 Å². The van der Waals surface area contributed by atoms with Crippen molar-refractivity contribution in [2.45, 2.75) is 6.92 Å². The largest absolute Gasteiger partial charge is 0.207 e. The van der Waals surface area contributed by atoms with Crippen LogP contribution in [0.5, 0.6) is 0 Å². The molecule has 0 aliphatic carbocycles. The summed E-state index contributed by atoms with van der Waals surface area (Å²) in [5.41, 5.74) is -0.871. The third kappa shape index (κ3) is 2.92. The smallest absolute Gasteiger partial charge is 0.169 e. The number of aryl methyl sites for hydroxylation is 1. The van der Waals surface area contributed by atoms with Crippen LogP contribution >= 0.6 is 0 Å². The summed E-state index contributed by atoms with van der Waals surface area (Å²) >= 11 is 0. The first-order valence-corrected chi connectivity index (χ1v) is 7.47. The molecule has 0 aliphatic rings. The summed E-state index contributed by atoms with van der Waals surface area (Å²) < 4.78 is 69.7. The summed E-state index contributed by atoms with van der Waals surface area (Å²) in [6.07, 6.45) is 0. The number of benzene rings is 3. The van der Waals surface area contributed by atoms with Crippen LogP contribution in [-0.4, -0.2) is 0 Å². The van der Waals surface area contributed by atoms with E-state index in [0.717, 1.165) is 18.2 Å². The molecule has 0 amide bonds. The fraction of sp³-hybridized carbons (Fsp3) is 0.0500. The molecule has 0 saturated heterocycles. The molecule has 0 bridgehead atoms. The Hall–Kier alpha value is -3.20. The highest BCUT2D eigenvalue weighted by Crippen LogP contribution is 2.35. The van der Waals surface area contributed by atoms with Gasteiger partial charge in [0.05, 0.1) is 17.2 Å². The SMILES string of the molecule is Cc1ccc(F)cc1-c1cc(C#N)c(-c2c(F)ccc(F)c2F)cc1F. The lowest BCUT2D eigenvalue weighted by Crippen LogP contribution is -1.99. The van der Waals surface area contributed by atoms with Gasteiger partial charge in [-0.05, 0) is 54.4 Å². The highest BCUT2D eigenvalue weighted by molar-refractivity contribution is 5.78. The molecular weight excluding hydrogens is 349 g/mol. The number of hydrogen-bond donors (Lipinski definition) is 0. The van der Waals surface area contributed by atoms with Crippen LogP contribution < -0.4 is 0 Å². The molecule has 3 rings (SSSR count). The van der Waals surface area contributed by atoms with Gasteiger partial charge >= 0.3 is 0 Å². The summed E-state index contributed by atoms with van der Waals surface area (Å²) in [5.74, 6) is -5.49. The van der Waals surface area contributed by atoms with E-state index < -0.39 is 40.2 Å². The second kappa shape index (κ2) is 6.60. The van der Waals surface area contributed by atoms with Crippen LogP contribution in [0.1, 0.15) is 11.1 Å². The quantitative estimate of drug-likeness (QED) is 0.413. The highest BCUT2D eigenvalue weighted by atomic mass is 19.2. The molecule has 6 heteroatoms. The number of nitrogens with zero attached hydrogens (tertiary/aromatic N) is 1. The Morgan fingerprint density at radius 3 is 2.12 bits per heavy atom. The predicted molar refractivity (Wildman–Crippen MR) is 86.6 cm³/mol. The van der Waals surface area contributed by atoms with E-state index in [1.807, 2.05) is 0 Å². The summed E-state index contributed by atoms with van der Waals surface area (Å²) in [4.78, 5) is 0. The van der Waals surface area contributed by atoms with Gasteiger partial charge in [0.25, 0.3) is 0 Å². The molecule has 26 heavy (non-hydrogen) atoms. The zero-order chi connectivity index (χ0) is 19.0. The van der Waals surface area contributed by atoms with Gasteiger partial charge in [0.15, 0.2) is 11.6 Å². The van der Waals surface area contributed by atoms with Crippen LogP contribution in [0, 0.1) is 47.3 Å². The van der Waals surface area contributed by atoms with Crippen molar-refractivity contribution in [2.24, 2.45) is 0 Å². The van der Waals surface area contributed by atoms with Gasteiger partial charge < -0.3 is 0 Å². The third-order valence-corrected chi connectivity index (χ3v) is 4.03. The van der Waals surface area contributed by atoms with Crippen molar-refractivity contribution in [3.8, 4) is 28.3 Å². The third-order valence-electron chi connectivity index (χ3n) is 4.03. The fourth-order valence-electron chi connectivity index (χ4n) is 2.74. The molecule has 3 aromatic rings. The first-order valence-electron chi connectivity index (χ1n) is 7.47. The van der Waals surface area contributed by atoms with E-state index in [9.17, 15) is 27.2 Å². The minimum absolute atomic E-state index is 0.0977. The first kappa shape index (κ1) is 17.6. The van der Waals surface area contributed by atoms with Crippen LogP contribution in [-0.2, 0) is 0 Å². The molecule has 0 heterocycles. The van der Waals surface area contributed by atoms with Crippen LogP contribution in [0.2, 0.25) is 0 Å². The summed E-state index contributed by atoms with van der Waals surface area (Å²) in [7, 11) is 0. The Kier molecular flexibility index (Phi) is 4.47. The van der Waals surface area contributed by atoms with Crippen molar-refractivity contribution >= 4 is 0 Å². The predicted octanol–water partition coefficient (Wildman–Crippen LogP) is 5.90. The zero-order valence-corrected chi connectivity index (χ0v) is 13.4. The van der Waals surface area contributed by atoms with Gasteiger partial charge in [-0.15, -0.1) is 0 Å². The van der Waals surface area contributed by atoms with E-state index in [1.165, 1.54) is 12.1 Å². The van der Waals surface area contributed by atoms with Gasteiger partial charge in [0.1, 0.15) is 17.5 Å². The molecule has 0 saturated carbocycles. The Morgan fingerprint density at radius 2 is 1.42 bits per heavy atom. The number of rotatable bonds is 2. The molecule has 0 aromatic heterocycles. The molecule has 1 nitrogen and oxygen atoms in total. The van der Waals surface area contributed by atoms with Crippen molar-refractivity contribution in [1.82, 2.24) is 0 Å². The van der Waals surface area contributed by atoms with E-state index in [0.29, 0.717) is 17.7 Å². The molecule has 130 valence electrons. The van der Waals surface area contributed by atoms with E-state index in [-0.39, 0.29) is 16.7 Å². The maximum Gasteiger partial charge on any atom is 0.169 e.